The molecule has 1 amide bonds. The average molecular weight is 454 g/mol. The minimum Gasteiger partial charge on any atom is -0.494 e. The van der Waals surface area contributed by atoms with E-state index in [0.717, 1.165) is 12.8 Å². The summed E-state index contributed by atoms with van der Waals surface area (Å²) in [5.41, 5.74) is 1.64. The predicted molar refractivity (Wildman–Crippen MR) is 117 cm³/mol. The number of hydroxylamine groups is 2. The number of hydrogen-bond donors (Lipinski definition) is 1. The number of carbonyl (C=O) groups excluding carboxylic acids is 1. The average Bonchev–Trinajstić information content (AvgIpc) is 3.66. The number of rotatable bonds is 9. The second-order valence-corrected chi connectivity index (χ2v) is 7.94. The van der Waals surface area contributed by atoms with Crippen LogP contribution in [0.4, 0.5) is 8.78 Å². The first-order valence-electron chi connectivity index (χ1n) is 10.6. The van der Waals surface area contributed by atoms with Crippen molar-refractivity contribution in [2.24, 2.45) is 5.92 Å². The number of amides is 1. The molecule has 0 spiro atoms. The Hall–Kier alpha value is -3.36. The minimum absolute atomic E-state index is 0.0122. The third kappa shape index (κ3) is 5.35. The number of ether oxygens (including phenoxy) is 1. The summed E-state index contributed by atoms with van der Waals surface area (Å²) in [4.78, 5) is 23.2. The maximum Gasteiger partial charge on any atom is 0.279 e. The zero-order valence-corrected chi connectivity index (χ0v) is 18.1. The summed E-state index contributed by atoms with van der Waals surface area (Å²) in [6.45, 7) is 0.0304. The molecule has 3 aromatic rings. The quantitative estimate of drug-likeness (QED) is 0.482. The molecule has 1 heterocycles. The van der Waals surface area contributed by atoms with Crippen LogP contribution in [-0.4, -0.2) is 34.8 Å². The number of methoxy groups -OCH3 is 1. The molecule has 0 bridgehead atoms. The Morgan fingerprint density at radius 2 is 1.97 bits per heavy atom. The summed E-state index contributed by atoms with van der Waals surface area (Å²) in [7, 11) is 1.38. The van der Waals surface area contributed by atoms with E-state index in [1.54, 1.807) is 12.1 Å². The Labute approximate surface area is 190 Å². The highest BCUT2D eigenvalue weighted by Gasteiger charge is 2.26. The van der Waals surface area contributed by atoms with Gasteiger partial charge in [0.1, 0.15) is 5.82 Å². The van der Waals surface area contributed by atoms with Gasteiger partial charge in [-0.3, -0.25) is 14.6 Å². The van der Waals surface area contributed by atoms with Crippen molar-refractivity contribution < 1.29 is 28.3 Å². The zero-order chi connectivity index (χ0) is 23.4. The number of aliphatic hydroxyl groups excluding tert-OH is 1. The topological polar surface area (TPSA) is 71.9 Å². The van der Waals surface area contributed by atoms with E-state index in [9.17, 15) is 18.7 Å². The third-order valence-corrected chi connectivity index (χ3v) is 5.48. The fourth-order valence-electron chi connectivity index (χ4n) is 3.49. The molecule has 2 aromatic carbocycles. The van der Waals surface area contributed by atoms with Gasteiger partial charge in [-0.1, -0.05) is 18.2 Å². The second kappa shape index (κ2) is 10.1. The van der Waals surface area contributed by atoms with Crippen LogP contribution in [0.2, 0.25) is 0 Å². The number of pyridine rings is 1. The number of benzene rings is 2. The summed E-state index contributed by atoms with van der Waals surface area (Å²) in [5, 5.41) is 10.8. The molecule has 33 heavy (non-hydrogen) atoms. The third-order valence-electron chi connectivity index (χ3n) is 5.48. The van der Waals surface area contributed by atoms with Gasteiger partial charge in [0.25, 0.3) is 5.91 Å². The van der Waals surface area contributed by atoms with E-state index in [0.29, 0.717) is 29.2 Å². The smallest absolute Gasteiger partial charge is 0.279 e. The van der Waals surface area contributed by atoms with Crippen LogP contribution in [0.25, 0.3) is 11.1 Å². The van der Waals surface area contributed by atoms with E-state index in [4.69, 9.17) is 9.57 Å². The number of aliphatic hydroxyl groups is 1. The van der Waals surface area contributed by atoms with Crippen molar-refractivity contribution in [1.29, 1.82) is 0 Å². The first kappa shape index (κ1) is 22.8. The van der Waals surface area contributed by atoms with Crippen LogP contribution in [0.1, 0.15) is 34.3 Å². The maximum atomic E-state index is 14.5. The first-order valence-corrected chi connectivity index (χ1v) is 10.6. The van der Waals surface area contributed by atoms with E-state index in [2.05, 4.69) is 4.98 Å². The van der Waals surface area contributed by atoms with Crippen molar-refractivity contribution >= 4 is 5.91 Å². The number of carbonyl (C=O) groups is 1. The summed E-state index contributed by atoms with van der Waals surface area (Å²) >= 11 is 0. The lowest BCUT2D eigenvalue weighted by atomic mass is 9.99. The molecule has 1 aliphatic rings. The summed E-state index contributed by atoms with van der Waals surface area (Å²) in [6, 6.07) is 10.3. The Kier molecular flexibility index (Phi) is 6.96. The van der Waals surface area contributed by atoms with E-state index >= 15 is 0 Å². The summed E-state index contributed by atoms with van der Waals surface area (Å²) in [5.74, 6) is -1.05. The highest BCUT2D eigenvalue weighted by Crippen LogP contribution is 2.30. The van der Waals surface area contributed by atoms with Crippen molar-refractivity contribution in [3.63, 3.8) is 0 Å². The lowest BCUT2D eigenvalue weighted by molar-refractivity contribution is -0.133. The summed E-state index contributed by atoms with van der Waals surface area (Å²) in [6.07, 6.45) is 4.87. The highest BCUT2D eigenvalue weighted by atomic mass is 19.1. The van der Waals surface area contributed by atoms with Crippen molar-refractivity contribution in [3.05, 3.63) is 83.2 Å². The molecule has 0 atom stereocenters. The maximum absolute atomic E-state index is 14.5. The Bertz CT molecular complexity index is 1150. The molecule has 0 radical (unpaired) electrons. The summed E-state index contributed by atoms with van der Waals surface area (Å²) < 4.78 is 33.6. The van der Waals surface area contributed by atoms with Crippen LogP contribution in [0.5, 0.6) is 5.75 Å². The second-order valence-electron chi connectivity index (χ2n) is 7.94. The molecule has 1 saturated carbocycles. The fraction of sp³-hybridized carbons (Fsp3) is 0.280. The van der Waals surface area contributed by atoms with Crippen LogP contribution in [-0.2, 0) is 18.0 Å². The lowest BCUT2D eigenvalue weighted by Gasteiger charge is -2.22. The van der Waals surface area contributed by atoms with Gasteiger partial charge < -0.3 is 9.84 Å². The van der Waals surface area contributed by atoms with Gasteiger partial charge in [0.05, 0.1) is 32.4 Å². The van der Waals surface area contributed by atoms with Gasteiger partial charge in [0.15, 0.2) is 11.6 Å². The molecule has 0 aliphatic heterocycles. The molecule has 1 aromatic heterocycles. The largest absolute Gasteiger partial charge is 0.494 e. The Morgan fingerprint density at radius 3 is 2.67 bits per heavy atom. The molecule has 1 aliphatic carbocycles. The van der Waals surface area contributed by atoms with Gasteiger partial charge in [-0.25, -0.2) is 13.8 Å². The van der Waals surface area contributed by atoms with Crippen LogP contribution in [0.15, 0.2) is 54.9 Å². The standard InChI is InChI=1S/C25H24F2N2O4/c1-32-23-8-7-17(9-22(23)27)13-29(33-15-16-5-6-16)25(31)20-10-19(11-28-12-20)24-18(14-30)3-2-4-21(24)26/h2-4,7-12,16,30H,5-6,13-15H2,1H3. The number of halogens is 2. The minimum atomic E-state index is -0.538. The van der Waals surface area contributed by atoms with E-state index < -0.39 is 17.5 Å². The van der Waals surface area contributed by atoms with Gasteiger partial charge in [-0.05, 0) is 54.2 Å². The molecule has 172 valence electrons. The number of hydrogen-bond acceptors (Lipinski definition) is 5. The molecule has 0 saturated heterocycles. The lowest BCUT2D eigenvalue weighted by Crippen LogP contribution is -2.31. The molecule has 4 rings (SSSR count). The first-order chi connectivity index (χ1) is 16.0. The van der Waals surface area contributed by atoms with E-state index in [1.165, 1.54) is 54.9 Å². The number of aromatic nitrogens is 1. The van der Waals surface area contributed by atoms with Crippen molar-refractivity contribution in [2.45, 2.75) is 26.0 Å². The predicted octanol–water partition coefficient (Wildman–Crippen LogP) is 4.51. The van der Waals surface area contributed by atoms with Crippen LogP contribution < -0.4 is 4.74 Å². The van der Waals surface area contributed by atoms with Gasteiger partial charge in [0, 0.05) is 23.5 Å². The molecule has 6 nitrogen and oxygen atoms in total. The van der Waals surface area contributed by atoms with Gasteiger partial charge in [-0.15, -0.1) is 0 Å². The molecular weight excluding hydrogens is 430 g/mol. The SMILES string of the molecule is COc1ccc(CN(OCC2CC2)C(=O)c2cncc(-c3c(F)cccc3CO)c2)cc1F. The van der Waals surface area contributed by atoms with Gasteiger partial charge in [0.2, 0.25) is 0 Å². The number of nitrogens with zero attached hydrogens (tertiary/aromatic N) is 2. The molecule has 0 unspecified atom stereocenters. The van der Waals surface area contributed by atoms with Crippen molar-refractivity contribution in [1.82, 2.24) is 10.0 Å². The fourth-order valence-corrected chi connectivity index (χ4v) is 3.49. The molecule has 1 fully saturated rings. The monoisotopic (exact) mass is 454 g/mol. The molecule has 8 heteroatoms. The van der Waals surface area contributed by atoms with Crippen LogP contribution in [0, 0.1) is 17.6 Å². The van der Waals surface area contributed by atoms with Crippen molar-refractivity contribution in [2.75, 3.05) is 13.7 Å². The van der Waals surface area contributed by atoms with E-state index in [-0.39, 0.29) is 30.0 Å². The zero-order valence-electron chi connectivity index (χ0n) is 18.1. The Morgan fingerprint density at radius 1 is 1.15 bits per heavy atom. The van der Waals surface area contributed by atoms with Crippen molar-refractivity contribution in [3.8, 4) is 16.9 Å². The van der Waals surface area contributed by atoms with Gasteiger partial charge >= 0.3 is 0 Å². The Balaban J connectivity index is 1.62. The van der Waals surface area contributed by atoms with Crippen LogP contribution >= 0.6 is 0 Å². The molecule has 1 N–H and O–H groups in total. The highest BCUT2D eigenvalue weighted by molar-refractivity contribution is 5.94. The van der Waals surface area contributed by atoms with Crippen LogP contribution in [0.3, 0.4) is 0 Å². The van der Waals surface area contributed by atoms with E-state index in [1.807, 2.05) is 0 Å². The van der Waals surface area contributed by atoms with Gasteiger partial charge in [-0.2, -0.15) is 0 Å². The normalized spacial score (nSPS) is 13.1. The molecular formula is C25H24F2N2O4.